The zero-order valence-electron chi connectivity index (χ0n) is 21.4. The molecule has 1 atom stereocenters. The standard InChI is InChI=1S/C27H33N3O6/c1-6-28(7-2)14-15-29-24(19-8-11-21(12-9-19)30(34)35)23(26(32)27(29)33)25(31)20-10-13-22(18(5)16-20)36-17(3)4/h8-13,16-17,24,31H,6-7,14-15H2,1-5H3/b25-23+/t24-/m0/s1. The van der Waals surface area contributed by atoms with Crippen molar-refractivity contribution in [2.75, 3.05) is 26.2 Å². The molecular weight excluding hydrogens is 462 g/mol. The van der Waals surface area contributed by atoms with Gasteiger partial charge in [0.15, 0.2) is 0 Å². The first-order valence-corrected chi connectivity index (χ1v) is 12.1. The van der Waals surface area contributed by atoms with Gasteiger partial charge in [0.05, 0.1) is 22.6 Å². The molecule has 1 aliphatic heterocycles. The highest BCUT2D eigenvalue weighted by Gasteiger charge is 2.46. The summed E-state index contributed by atoms with van der Waals surface area (Å²) < 4.78 is 5.77. The third kappa shape index (κ3) is 5.57. The summed E-state index contributed by atoms with van der Waals surface area (Å²) in [6.07, 6.45) is -0.0265. The molecule has 0 radical (unpaired) electrons. The molecule has 36 heavy (non-hydrogen) atoms. The molecule has 9 nitrogen and oxygen atoms in total. The fraction of sp³-hybridized carbons (Fsp3) is 0.407. The molecule has 3 rings (SSSR count). The number of likely N-dealkylation sites (N-methyl/N-ethyl adjacent to an activating group) is 1. The molecule has 2 aromatic carbocycles. The lowest BCUT2D eigenvalue weighted by molar-refractivity contribution is -0.384. The van der Waals surface area contributed by atoms with Crippen molar-refractivity contribution in [2.24, 2.45) is 0 Å². The van der Waals surface area contributed by atoms with Crippen molar-refractivity contribution in [1.82, 2.24) is 9.80 Å². The van der Waals surface area contributed by atoms with Crippen LogP contribution in [0.3, 0.4) is 0 Å². The van der Waals surface area contributed by atoms with Gasteiger partial charge < -0.3 is 19.6 Å². The maximum atomic E-state index is 13.2. The summed E-state index contributed by atoms with van der Waals surface area (Å²) in [5, 5.41) is 22.4. The number of carbonyl (C=O) groups is 2. The Bertz CT molecular complexity index is 1170. The number of benzene rings is 2. The molecule has 1 amide bonds. The average molecular weight is 496 g/mol. The number of aliphatic hydroxyl groups excluding tert-OH is 1. The van der Waals surface area contributed by atoms with Crippen LogP contribution in [0, 0.1) is 17.0 Å². The predicted octanol–water partition coefficient (Wildman–Crippen LogP) is 4.45. The quantitative estimate of drug-likeness (QED) is 0.170. The zero-order valence-corrected chi connectivity index (χ0v) is 21.4. The molecule has 1 aliphatic rings. The van der Waals surface area contributed by atoms with E-state index in [1.54, 1.807) is 18.2 Å². The van der Waals surface area contributed by atoms with Crippen LogP contribution in [-0.2, 0) is 9.59 Å². The first-order chi connectivity index (χ1) is 17.1. The molecule has 0 aliphatic carbocycles. The molecule has 9 heteroatoms. The molecule has 1 heterocycles. The summed E-state index contributed by atoms with van der Waals surface area (Å²) in [6.45, 7) is 12.1. The molecule has 1 fully saturated rings. The van der Waals surface area contributed by atoms with E-state index in [9.17, 15) is 24.8 Å². The average Bonchev–Trinajstić information content (AvgIpc) is 3.10. The molecule has 0 bridgehead atoms. The van der Waals surface area contributed by atoms with Crippen molar-refractivity contribution in [3.63, 3.8) is 0 Å². The van der Waals surface area contributed by atoms with Crippen molar-refractivity contribution in [3.05, 3.63) is 74.8 Å². The van der Waals surface area contributed by atoms with E-state index in [0.717, 1.165) is 18.7 Å². The summed E-state index contributed by atoms with van der Waals surface area (Å²) in [5.41, 5.74) is 1.53. The number of amides is 1. The molecule has 0 spiro atoms. The number of ketones is 1. The van der Waals surface area contributed by atoms with Crippen LogP contribution >= 0.6 is 0 Å². The van der Waals surface area contributed by atoms with Crippen molar-refractivity contribution in [1.29, 1.82) is 0 Å². The molecule has 0 saturated carbocycles. The molecule has 2 aromatic rings. The number of hydrogen-bond donors (Lipinski definition) is 1. The monoisotopic (exact) mass is 495 g/mol. The van der Waals surface area contributed by atoms with E-state index in [0.29, 0.717) is 23.4 Å². The molecule has 1 N–H and O–H groups in total. The Kier molecular flexibility index (Phi) is 8.47. The number of aliphatic hydroxyl groups is 1. The van der Waals surface area contributed by atoms with Gasteiger partial charge in [0.2, 0.25) is 0 Å². The van der Waals surface area contributed by atoms with Crippen molar-refractivity contribution in [2.45, 2.75) is 46.8 Å². The van der Waals surface area contributed by atoms with Gasteiger partial charge in [0.25, 0.3) is 17.4 Å². The topological polar surface area (TPSA) is 113 Å². The van der Waals surface area contributed by atoms with Crippen molar-refractivity contribution >= 4 is 23.1 Å². The number of Topliss-reactive ketones (excluding diaryl/α,β-unsaturated/α-hetero) is 1. The number of hydrogen-bond acceptors (Lipinski definition) is 7. The van der Waals surface area contributed by atoms with E-state index in [4.69, 9.17) is 4.74 Å². The van der Waals surface area contributed by atoms with Gasteiger partial charge in [-0.2, -0.15) is 0 Å². The minimum atomic E-state index is -0.867. The Balaban J connectivity index is 2.10. The third-order valence-electron chi connectivity index (χ3n) is 6.32. The fourth-order valence-corrected chi connectivity index (χ4v) is 4.36. The molecule has 0 unspecified atom stereocenters. The molecular formula is C27H33N3O6. The van der Waals surface area contributed by atoms with Gasteiger partial charge in [-0.3, -0.25) is 19.7 Å². The van der Waals surface area contributed by atoms with Gasteiger partial charge in [-0.25, -0.2) is 0 Å². The Morgan fingerprint density at radius 2 is 1.78 bits per heavy atom. The SMILES string of the molecule is CCN(CC)CCN1C(=O)C(=O)/C(=C(/O)c2ccc(OC(C)C)c(C)c2)[C@@H]1c1ccc([N+](=O)[O-])cc1. The summed E-state index contributed by atoms with van der Waals surface area (Å²) in [7, 11) is 0. The van der Waals surface area contributed by atoms with Crippen LogP contribution in [0.25, 0.3) is 5.76 Å². The number of nitro groups is 1. The number of nitro benzene ring substituents is 1. The summed E-state index contributed by atoms with van der Waals surface area (Å²) in [6, 6.07) is 9.94. The van der Waals surface area contributed by atoms with E-state index in [-0.39, 0.29) is 29.7 Å². The van der Waals surface area contributed by atoms with Crippen LogP contribution in [0.1, 0.15) is 50.4 Å². The third-order valence-corrected chi connectivity index (χ3v) is 6.32. The van der Waals surface area contributed by atoms with Crippen LogP contribution in [0.4, 0.5) is 5.69 Å². The molecule has 192 valence electrons. The molecule has 1 saturated heterocycles. The van der Waals surface area contributed by atoms with E-state index in [1.807, 2.05) is 34.6 Å². The van der Waals surface area contributed by atoms with Crippen LogP contribution in [-0.4, -0.2) is 63.8 Å². The van der Waals surface area contributed by atoms with Gasteiger partial charge in [0, 0.05) is 30.8 Å². The second-order valence-corrected chi connectivity index (χ2v) is 9.01. The predicted molar refractivity (Wildman–Crippen MR) is 137 cm³/mol. The highest BCUT2D eigenvalue weighted by Crippen LogP contribution is 2.40. The van der Waals surface area contributed by atoms with Crippen LogP contribution in [0.5, 0.6) is 5.75 Å². The number of likely N-dealkylation sites (tertiary alicyclic amines) is 1. The summed E-state index contributed by atoms with van der Waals surface area (Å²) in [5.74, 6) is -1.12. The van der Waals surface area contributed by atoms with E-state index >= 15 is 0 Å². The number of nitrogens with zero attached hydrogens (tertiary/aromatic N) is 3. The van der Waals surface area contributed by atoms with Gasteiger partial charge in [-0.05, 0) is 75.3 Å². The van der Waals surface area contributed by atoms with Gasteiger partial charge >= 0.3 is 0 Å². The fourth-order valence-electron chi connectivity index (χ4n) is 4.36. The first kappa shape index (κ1) is 26.9. The largest absolute Gasteiger partial charge is 0.507 e. The normalized spacial score (nSPS) is 17.3. The number of non-ortho nitro benzene ring substituents is 1. The summed E-state index contributed by atoms with van der Waals surface area (Å²) >= 11 is 0. The smallest absolute Gasteiger partial charge is 0.295 e. The highest BCUT2D eigenvalue weighted by molar-refractivity contribution is 6.46. The van der Waals surface area contributed by atoms with E-state index in [1.165, 1.54) is 29.2 Å². The second kappa shape index (κ2) is 11.3. The Morgan fingerprint density at radius 3 is 2.31 bits per heavy atom. The number of ether oxygens (including phenoxy) is 1. The first-order valence-electron chi connectivity index (χ1n) is 12.1. The van der Waals surface area contributed by atoms with Crippen molar-refractivity contribution in [3.8, 4) is 5.75 Å². The molecule has 0 aromatic heterocycles. The summed E-state index contributed by atoms with van der Waals surface area (Å²) in [4.78, 5) is 40.6. The Morgan fingerprint density at radius 1 is 1.14 bits per heavy atom. The number of rotatable bonds is 10. The highest BCUT2D eigenvalue weighted by atomic mass is 16.6. The van der Waals surface area contributed by atoms with Crippen LogP contribution in [0.15, 0.2) is 48.0 Å². The number of carbonyl (C=O) groups excluding carboxylic acids is 2. The zero-order chi connectivity index (χ0) is 26.6. The maximum Gasteiger partial charge on any atom is 0.295 e. The van der Waals surface area contributed by atoms with Crippen LogP contribution < -0.4 is 4.74 Å². The van der Waals surface area contributed by atoms with Gasteiger partial charge in [0.1, 0.15) is 11.5 Å². The maximum absolute atomic E-state index is 13.2. The van der Waals surface area contributed by atoms with Crippen LogP contribution in [0.2, 0.25) is 0 Å². The van der Waals surface area contributed by atoms with E-state index in [2.05, 4.69) is 4.90 Å². The van der Waals surface area contributed by atoms with Gasteiger partial charge in [-0.1, -0.05) is 13.8 Å². The van der Waals surface area contributed by atoms with Crippen molar-refractivity contribution < 1.29 is 24.4 Å². The Labute approximate surface area is 211 Å². The lowest BCUT2D eigenvalue weighted by Crippen LogP contribution is -2.38. The lowest BCUT2D eigenvalue weighted by Gasteiger charge is -2.28. The second-order valence-electron chi connectivity index (χ2n) is 9.01. The number of aryl methyl sites for hydroxylation is 1. The minimum Gasteiger partial charge on any atom is -0.507 e. The van der Waals surface area contributed by atoms with Gasteiger partial charge in [-0.15, -0.1) is 0 Å². The lowest BCUT2D eigenvalue weighted by atomic mass is 9.94. The van der Waals surface area contributed by atoms with E-state index < -0.39 is 22.7 Å². The minimum absolute atomic E-state index is 0.0265. The Hall–Kier alpha value is -3.72.